The summed E-state index contributed by atoms with van der Waals surface area (Å²) < 4.78 is 0. The molecule has 2 nitrogen and oxygen atoms in total. The summed E-state index contributed by atoms with van der Waals surface area (Å²) in [5.74, 6) is 0. The maximum atomic E-state index is 5.89. The molecule has 13 heavy (non-hydrogen) atoms. The van der Waals surface area contributed by atoms with Crippen molar-refractivity contribution >= 4 is 16.6 Å². The molecule has 1 aromatic heterocycles. The van der Waals surface area contributed by atoms with E-state index in [2.05, 4.69) is 18.8 Å². The Morgan fingerprint density at radius 2 is 2.08 bits per heavy atom. The molecular weight excluding hydrogens is 160 g/mol. The summed E-state index contributed by atoms with van der Waals surface area (Å²) in [6.07, 6.45) is 1.80. The molecule has 2 rings (SSSR count). The molecule has 66 valence electrons. The summed E-state index contributed by atoms with van der Waals surface area (Å²) in [6.45, 7) is 4.13. The van der Waals surface area contributed by atoms with Crippen molar-refractivity contribution in [3.63, 3.8) is 0 Å². The number of nitrogen functional groups attached to an aromatic ring is 1. The summed E-state index contributed by atoms with van der Waals surface area (Å²) in [5.41, 5.74) is 10.1. The molecule has 0 atom stereocenters. The quantitative estimate of drug-likeness (QED) is 0.620. The minimum Gasteiger partial charge on any atom is -0.398 e. The molecule has 0 unspecified atom stereocenters. The number of hydrogen-bond donors (Lipinski definition) is 1. The van der Waals surface area contributed by atoms with Crippen LogP contribution in [0.4, 0.5) is 5.69 Å². The maximum Gasteiger partial charge on any atom is 0.0754 e. The van der Waals surface area contributed by atoms with Crippen LogP contribution >= 0.6 is 0 Å². The summed E-state index contributed by atoms with van der Waals surface area (Å²) in [4.78, 5) is 4.32. The van der Waals surface area contributed by atoms with Crippen LogP contribution in [0.2, 0.25) is 0 Å². The van der Waals surface area contributed by atoms with Crippen molar-refractivity contribution in [2.75, 3.05) is 5.73 Å². The highest BCUT2D eigenvalue weighted by atomic mass is 14.7. The lowest BCUT2D eigenvalue weighted by Gasteiger charge is -2.07. The summed E-state index contributed by atoms with van der Waals surface area (Å²) in [5, 5.41) is 1.05. The van der Waals surface area contributed by atoms with Crippen molar-refractivity contribution in [1.82, 2.24) is 4.98 Å². The molecule has 1 aromatic carbocycles. The number of aromatic nitrogens is 1. The van der Waals surface area contributed by atoms with Crippen LogP contribution in [0.3, 0.4) is 0 Å². The van der Waals surface area contributed by atoms with Gasteiger partial charge in [0.15, 0.2) is 0 Å². The van der Waals surface area contributed by atoms with Crippen molar-refractivity contribution in [1.29, 1.82) is 0 Å². The Hall–Kier alpha value is -1.57. The summed E-state index contributed by atoms with van der Waals surface area (Å²) in [7, 11) is 0. The van der Waals surface area contributed by atoms with Crippen molar-refractivity contribution < 1.29 is 0 Å². The van der Waals surface area contributed by atoms with Crippen LogP contribution in [0.5, 0.6) is 0 Å². The van der Waals surface area contributed by atoms with E-state index in [1.807, 2.05) is 18.2 Å². The first-order valence-corrected chi connectivity index (χ1v) is 4.30. The lowest BCUT2D eigenvalue weighted by Crippen LogP contribution is -1.93. The Balaban J connectivity index is 2.97. The highest BCUT2D eigenvalue weighted by Crippen LogP contribution is 2.24. The summed E-state index contributed by atoms with van der Waals surface area (Å²) in [6, 6.07) is 5.91. The fraction of sp³-hybridized carbons (Fsp3) is 0.182. The van der Waals surface area contributed by atoms with E-state index >= 15 is 0 Å². The molecule has 0 bridgehead atoms. The SMILES string of the molecule is Cc1cc(N)c2cccnc2c1C. The molecule has 0 fully saturated rings. The smallest absolute Gasteiger partial charge is 0.0754 e. The molecule has 0 aliphatic carbocycles. The van der Waals surface area contributed by atoms with Crippen molar-refractivity contribution in [3.05, 3.63) is 35.5 Å². The third kappa shape index (κ3) is 1.15. The molecule has 0 amide bonds. The molecule has 2 N–H and O–H groups in total. The van der Waals surface area contributed by atoms with Gasteiger partial charge in [-0.15, -0.1) is 0 Å². The minimum absolute atomic E-state index is 0.811. The number of anilines is 1. The molecule has 0 aliphatic heterocycles. The number of pyridine rings is 1. The van der Waals surface area contributed by atoms with Gasteiger partial charge in [-0.3, -0.25) is 4.98 Å². The van der Waals surface area contributed by atoms with Gasteiger partial charge in [-0.25, -0.2) is 0 Å². The van der Waals surface area contributed by atoms with E-state index in [-0.39, 0.29) is 0 Å². The van der Waals surface area contributed by atoms with E-state index in [4.69, 9.17) is 5.73 Å². The molecule has 2 aromatic rings. The van der Waals surface area contributed by atoms with E-state index in [0.717, 1.165) is 16.6 Å². The first-order valence-electron chi connectivity index (χ1n) is 4.30. The van der Waals surface area contributed by atoms with E-state index in [9.17, 15) is 0 Å². The van der Waals surface area contributed by atoms with Crippen LogP contribution in [-0.2, 0) is 0 Å². The summed E-state index contributed by atoms with van der Waals surface area (Å²) >= 11 is 0. The minimum atomic E-state index is 0.811. The standard InChI is InChI=1S/C11H12N2/c1-7-6-10(12)9-4-3-5-13-11(9)8(7)2/h3-6H,12H2,1-2H3. The second kappa shape index (κ2) is 2.73. The third-order valence-corrected chi connectivity index (χ3v) is 2.44. The average Bonchev–Trinajstić information content (AvgIpc) is 2.15. The Bertz CT molecular complexity index is 461. The Labute approximate surface area is 77.4 Å². The van der Waals surface area contributed by atoms with Gasteiger partial charge in [-0.1, -0.05) is 0 Å². The van der Waals surface area contributed by atoms with E-state index in [1.165, 1.54) is 11.1 Å². The first kappa shape index (κ1) is 8.05. The van der Waals surface area contributed by atoms with Gasteiger partial charge < -0.3 is 5.73 Å². The number of rotatable bonds is 0. The maximum absolute atomic E-state index is 5.89. The van der Waals surface area contributed by atoms with Gasteiger partial charge in [0.2, 0.25) is 0 Å². The van der Waals surface area contributed by atoms with Gasteiger partial charge >= 0.3 is 0 Å². The largest absolute Gasteiger partial charge is 0.398 e. The average molecular weight is 172 g/mol. The Morgan fingerprint density at radius 3 is 2.85 bits per heavy atom. The van der Waals surface area contributed by atoms with Gasteiger partial charge in [0.05, 0.1) is 5.52 Å². The van der Waals surface area contributed by atoms with Crippen molar-refractivity contribution in [3.8, 4) is 0 Å². The van der Waals surface area contributed by atoms with Crippen LogP contribution < -0.4 is 5.73 Å². The van der Waals surface area contributed by atoms with Gasteiger partial charge in [0.25, 0.3) is 0 Å². The zero-order chi connectivity index (χ0) is 9.42. The van der Waals surface area contributed by atoms with Crippen molar-refractivity contribution in [2.45, 2.75) is 13.8 Å². The van der Waals surface area contributed by atoms with Crippen molar-refractivity contribution in [2.24, 2.45) is 0 Å². The molecule has 2 heteroatoms. The zero-order valence-corrected chi connectivity index (χ0v) is 7.83. The lowest BCUT2D eigenvalue weighted by molar-refractivity contribution is 1.31. The highest BCUT2D eigenvalue weighted by molar-refractivity contribution is 5.93. The first-order chi connectivity index (χ1) is 6.20. The van der Waals surface area contributed by atoms with Crippen LogP contribution in [0, 0.1) is 13.8 Å². The Morgan fingerprint density at radius 1 is 1.31 bits per heavy atom. The number of fused-ring (bicyclic) bond motifs is 1. The number of hydrogen-bond acceptors (Lipinski definition) is 2. The number of aryl methyl sites for hydroxylation is 2. The number of nitrogens with zero attached hydrogens (tertiary/aromatic N) is 1. The number of nitrogens with two attached hydrogens (primary N) is 1. The van der Waals surface area contributed by atoms with E-state index in [0.29, 0.717) is 0 Å². The van der Waals surface area contributed by atoms with Gasteiger partial charge in [0.1, 0.15) is 0 Å². The van der Waals surface area contributed by atoms with E-state index in [1.54, 1.807) is 6.20 Å². The lowest BCUT2D eigenvalue weighted by atomic mass is 10.0. The normalized spacial score (nSPS) is 10.6. The van der Waals surface area contributed by atoms with Crippen LogP contribution in [0.25, 0.3) is 10.9 Å². The molecule has 0 saturated heterocycles. The predicted octanol–water partition coefficient (Wildman–Crippen LogP) is 2.43. The van der Waals surface area contributed by atoms with Crippen LogP contribution in [0.1, 0.15) is 11.1 Å². The van der Waals surface area contributed by atoms with Gasteiger partial charge in [0, 0.05) is 17.3 Å². The molecule has 0 spiro atoms. The van der Waals surface area contributed by atoms with Gasteiger partial charge in [-0.05, 0) is 43.2 Å². The molecule has 1 heterocycles. The van der Waals surface area contributed by atoms with Crippen LogP contribution in [-0.4, -0.2) is 4.98 Å². The predicted molar refractivity (Wildman–Crippen MR) is 55.6 cm³/mol. The molecule has 0 saturated carbocycles. The molecule has 0 radical (unpaired) electrons. The number of benzene rings is 1. The monoisotopic (exact) mass is 172 g/mol. The molecular formula is C11H12N2. The molecule has 0 aliphatic rings. The second-order valence-electron chi connectivity index (χ2n) is 3.31. The second-order valence-corrected chi connectivity index (χ2v) is 3.31. The van der Waals surface area contributed by atoms with E-state index < -0.39 is 0 Å². The topological polar surface area (TPSA) is 38.9 Å². The Kier molecular flexibility index (Phi) is 1.69. The zero-order valence-electron chi connectivity index (χ0n) is 7.83. The fourth-order valence-corrected chi connectivity index (χ4v) is 1.54. The van der Waals surface area contributed by atoms with Crippen LogP contribution in [0.15, 0.2) is 24.4 Å². The third-order valence-electron chi connectivity index (χ3n) is 2.44. The highest BCUT2D eigenvalue weighted by Gasteiger charge is 2.03. The van der Waals surface area contributed by atoms with Gasteiger partial charge in [-0.2, -0.15) is 0 Å². The fourth-order valence-electron chi connectivity index (χ4n) is 1.54.